The van der Waals surface area contributed by atoms with Gasteiger partial charge in [-0.3, -0.25) is 4.79 Å². The van der Waals surface area contributed by atoms with Crippen LogP contribution < -0.4 is 14.8 Å². The van der Waals surface area contributed by atoms with E-state index in [1.54, 1.807) is 18.2 Å². The third-order valence-electron chi connectivity index (χ3n) is 4.47. The minimum absolute atomic E-state index is 0.0557. The van der Waals surface area contributed by atoms with Crippen molar-refractivity contribution in [3.05, 3.63) is 87.5 Å². The molecule has 5 heteroatoms. The summed E-state index contributed by atoms with van der Waals surface area (Å²) < 4.78 is 11.9. The van der Waals surface area contributed by atoms with E-state index in [4.69, 9.17) is 9.47 Å². The van der Waals surface area contributed by atoms with Crippen LogP contribution in [0, 0.1) is 3.57 Å². The molecule has 0 saturated heterocycles. The molecule has 136 valence electrons. The Morgan fingerprint density at radius 3 is 2.48 bits per heavy atom. The van der Waals surface area contributed by atoms with E-state index in [1.807, 2.05) is 54.6 Å². The van der Waals surface area contributed by atoms with Crippen LogP contribution >= 0.6 is 22.6 Å². The van der Waals surface area contributed by atoms with E-state index in [2.05, 4.69) is 27.9 Å². The first-order valence-corrected chi connectivity index (χ1v) is 9.77. The summed E-state index contributed by atoms with van der Waals surface area (Å²) in [6.07, 6.45) is 0.343. The summed E-state index contributed by atoms with van der Waals surface area (Å²) in [5.41, 5.74) is 2.69. The lowest BCUT2D eigenvalue weighted by Crippen LogP contribution is -2.15. The lowest BCUT2D eigenvalue weighted by Gasteiger charge is -2.20. The summed E-state index contributed by atoms with van der Waals surface area (Å²) in [6, 6.07) is 23.4. The highest BCUT2D eigenvalue weighted by molar-refractivity contribution is 14.1. The molecule has 0 bridgehead atoms. The number of hydrogen-bond donors (Lipinski definition) is 1. The third kappa shape index (κ3) is 4.24. The fourth-order valence-electron chi connectivity index (χ4n) is 3.06. The quantitative estimate of drug-likeness (QED) is 0.384. The minimum atomic E-state index is -0.121. The van der Waals surface area contributed by atoms with Crippen LogP contribution in [0.25, 0.3) is 0 Å². The zero-order valence-corrected chi connectivity index (χ0v) is 16.7. The van der Waals surface area contributed by atoms with E-state index >= 15 is 0 Å². The number of rotatable bonds is 6. The van der Waals surface area contributed by atoms with Gasteiger partial charge in [0, 0.05) is 21.2 Å². The molecule has 1 N–H and O–H groups in total. The van der Waals surface area contributed by atoms with Gasteiger partial charge in [-0.1, -0.05) is 30.3 Å². The average Bonchev–Trinajstić information content (AvgIpc) is 3.17. The molecular weight excluding hydrogens is 453 g/mol. The van der Waals surface area contributed by atoms with E-state index in [0.717, 1.165) is 11.3 Å². The summed E-state index contributed by atoms with van der Waals surface area (Å²) >= 11 is 2.28. The molecule has 0 amide bonds. The van der Waals surface area contributed by atoms with Crippen molar-refractivity contribution in [1.82, 2.24) is 0 Å². The van der Waals surface area contributed by atoms with Gasteiger partial charge in [0.25, 0.3) is 0 Å². The largest absolute Gasteiger partial charge is 0.454 e. The Labute approximate surface area is 171 Å². The fourth-order valence-corrected chi connectivity index (χ4v) is 3.42. The van der Waals surface area contributed by atoms with Gasteiger partial charge in [0.2, 0.25) is 6.79 Å². The molecule has 1 atom stereocenters. The maximum Gasteiger partial charge on any atom is 0.231 e. The highest BCUT2D eigenvalue weighted by Gasteiger charge is 2.20. The van der Waals surface area contributed by atoms with Crippen LogP contribution in [-0.4, -0.2) is 12.6 Å². The maximum atomic E-state index is 12.9. The van der Waals surface area contributed by atoms with Gasteiger partial charge in [0.1, 0.15) is 0 Å². The van der Waals surface area contributed by atoms with Crippen LogP contribution in [0.4, 0.5) is 5.69 Å². The molecule has 4 nitrogen and oxygen atoms in total. The zero-order valence-electron chi connectivity index (χ0n) is 14.5. The summed E-state index contributed by atoms with van der Waals surface area (Å²) in [5, 5.41) is 3.50. The summed E-state index contributed by atoms with van der Waals surface area (Å²) in [4.78, 5) is 12.9. The number of hydrogen-bond acceptors (Lipinski definition) is 4. The molecule has 0 aliphatic carbocycles. The second-order valence-electron chi connectivity index (χ2n) is 6.31. The number of halogens is 1. The number of carbonyl (C=O) groups excluding carboxylic acids is 1. The average molecular weight is 471 g/mol. The molecule has 0 unspecified atom stereocenters. The Hall–Kier alpha value is -2.54. The van der Waals surface area contributed by atoms with Crippen molar-refractivity contribution >= 4 is 34.1 Å². The van der Waals surface area contributed by atoms with E-state index in [9.17, 15) is 4.79 Å². The van der Waals surface area contributed by atoms with Crippen molar-refractivity contribution in [2.24, 2.45) is 0 Å². The highest BCUT2D eigenvalue weighted by Crippen LogP contribution is 2.33. The Morgan fingerprint density at radius 1 is 0.963 bits per heavy atom. The Bertz CT molecular complexity index is 942. The van der Waals surface area contributed by atoms with E-state index in [0.29, 0.717) is 23.5 Å². The van der Waals surface area contributed by atoms with Crippen LogP contribution in [0.5, 0.6) is 11.5 Å². The Balaban J connectivity index is 1.57. The smallest absolute Gasteiger partial charge is 0.231 e. The van der Waals surface area contributed by atoms with Crippen molar-refractivity contribution in [3.63, 3.8) is 0 Å². The topological polar surface area (TPSA) is 47.6 Å². The van der Waals surface area contributed by atoms with Crippen LogP contribution in [0.3, 0.4) is 0 Å². The molecule has 4 rings (SSSR count). The molecule has 3 aromatic rings. The fraction of sp³-hybridized carbons (Fsp3) is 0.136. The molecule has 0 fully saturated rings. The van der Waals surface area contributed by atoms with E-state index in [1.165, 1.54) is 3.57 Å². The molecule has 27 heavy (non-hydrogen) atoms. The molecular formula is C22H18INO3. The lowest BCUT2D eigenvalue weighted by atomic mass is 9.97. The van der Waals surface area contributed by atoms with Gasteiger partial charge in [-0.15, -0.1) is 0 Å². The normalized spacial score (nSPS) is 13.2. The van der Waals surface area contributed by atoms with Gasteiger partial charge < -0.3 is 14.8 Å². The summed E-state index contributed by atoms with van der Waals surface area (Å²) in [5.74, 6) is 1.37. The third-order valence-corrected chi connectivity index (χ3v) is 5.19. The van der Waals surface area contributed by atoms with Crippen LogP contribution in [0.15, 0.2) is 72.8 Å². The first-order valence-electron chi connectivity index (χ1n) is 8.69. The maximum absolute atomic E-state index is 12.9. The van der Waals surface area contributed by atoms with Crippen molar-refractivity contribution in [1.29, 1.82) is 0 Å². The Morgan fingerprint density at radius 2 is 1.70 bits per heavy atom. The number of anilines is 1. The van der Waals surface area contributed by atoms with Crippen LogP contribution in [0.2, 0.25) is 0 Å². The van der Waals surface area contributed by atoms with Gasteiger partial charge >= 0.3 is 0 Å². The van der Waals surface area contributed by atoms with Gasteiger partial charge in [-0.25, -0.2) is 0 Å². The van der Waals surface area contributed by atoms with Gasteiger partial charge in [0.05, 0.1) is 6.04 Å². The first-order chi connectivity index (χ1) is 13.2. The second-order valence-corrected chi connectivity index (χ2v) is 7.56. The number of Topliss-reactive ketones (excluding diaryl/α,β-unsaturated/α-hetero) is 1. The van der Waals surface area contributed by atoms with Gasteiger partial charge in [-0.2, -0.15) is 0 Å². The number of fused-ring (bicyclic) bond motifs is 1. The van der Waals surface area contributed by atoms with Crippen molar-refractivity contribution < 1.29 is 14.3 Å². The van der Waals surface area contributed by atoms with Crippen molar-refractivity contribution in [3.8, 4) is 11.5 Å². The lowest BCUT2D eigenvalue weighted by molar-refractivity contribution is 0.0976. The molecule has 0 aromatic heterocycles. The van der Waals surface area contributed by atoms with Crippen LogP contribution in [-0.2, 0) is 0 Å². The number of benzene rings is 3. The SMILES string of the molecule is O=C(C[C@@H](Nc1ccc(I)cc1)c1ccccc1)c1ccc2c(c1)OCO2. The summed E-state index contributed by atoms with van der Waals surface area (Å²) in [7, 11) is 0. The molecule has 0 radical (unpaired) electrons. The molecule has 1 aliphatic rings. The standard InChI is InChI=1S/C22H18INO3/c23-17-7-9-18(10-8-17)24-19(15-4-2-1-3-5-15)13-20(25)16-6-11-21-22(12-16)27-14-26-21/h1-12,19,24H,13-14H2/t19-/m1/s1. The molecule has 0 spiro atoms. The zero-order chi connectivity index (χ0) is 18.6. The molecule has 3 aromatic carbocycles. The van der Waals surface area contributed by atoms with E-state index in [-0.39, 0.29) is 18.6 Å². The summed E-state index contributed by atoms with van der Waals surface area (Å²) in [6.45, 7) is 0.202. The highest BCUT2D eigenvalue weighted by atomic mass is 127. The number of nitrogens with one attached hydrogen (secondary N) is 1. The van der Waals surface area contributed by atoms with Crippen LogP contribution in [0.1, 0.15) is 28.4 Å². The predicted octanol–water partition coefficient (Wildman–Crippen LogP) is 5.45. The number of ketones is 1. The van der Waals surface area contributed by atoms with Gasteiger partial charge in [-0.05, 0) is 70.6 Å². The Kier molecular flexibility index (Phi) is 5.29. The molecule has 0 saturated carbocycles. The minimum Gasteiger partial charge on any atom is -0.454 e. The predicted molar refractivity (Wildman–Crippen MR) is 113 cm³/mol. The number of ether oxygens (including phenoxy) is 2. The van der Waals surface area contributed by atoms with E-state index < -0.39 is 0 Å². The molecule has 1 aliphatic heterocycles. The van der Waals surface area contributed by atoms with Crippen molar-refractivity contribution in [2.45, 2.75) is 12.5 Å². The first kappa shape index (κ1) is 17.9. The van der Waals surface area contributed by atoms with Gasteiger partial charge in [0.15, 0.2) is 17.3 Å². The molecule has 1 heterocycles. The number of carbonyl (C=O) groups is 1. The van der Waals surface area contributed by atoms with Crippen molar-refractivity contribution in [2.75, 3.05) is 12.1 Å². The monoisotopic (exact) mass is 471 g/mol. The second kappa shape index (κ2) is 8.00.